The van der Waals surface area contributed by atoms with Gasteiger partial charge in [0.15, 0.2) is 6.10 Å². The van der Waals surface area contributed by atoms with E-state index in [2.05, 4.69) is 167 Å². The highest BCUT2D eigenvalue weighted by molar-refractivity contribution is 5.71. The number of carbonyl (C=O) groups is 3. The Labute approximate surface area is 493 Å². The van der Waals surface area contributed by atoms with E-state index >= 15 is 0 Å². The Morgan fingerprint density at radius 2 is 0.487 bits per heavy atom. The molecule has 0 aromatic carbocycles. The van der Waals surface area contributed by atoms with Crippen LogP contribution in [0.5, 0.6) is 0 Å². The summed E-state index contributed by atoms with van der Waals surface area (Å²) in [5.74, 6) is -0.926. The summed E-state index contributed by atoms with van der Waals surface area (Å²) in [6.07, 6.45) is 95.7. The minimum absolute atomic E-state index is 0.0920. The first-order valence-corrected chi connectivity index (χ1v) is 32.8. The predicted octanol–water partition coefficient (Wildman–Crippen LogP) is 22.7. The Kier molecular flexibility index (Phi) is 62.9. The molecule has 0 spiro atoms. The van der Waals surface area contributed by atoms with Crippen molar-refractivity contribution >= 4 is 17.9 Å². The monoisotopic (exact) mass is 1100 g/mol. The Morgan fingerprint density at radius 3 is 0.787 bits per heavy atom. The maximum absolute atomic E-state index is 12.9. The molecular formula is C74H120O6. The number of carbonyl (C=O) groups excluding carboxylic acids is 3. The molecule has 80 heavy (non-hydrogen) atoms. The van der Waals surface area contributed by atoms with Gasteiger partial charge in [-0.1, -0.05) is 282 Å². The Morgan fingerprint density at radius 1 is 0.263 bits per heavy atom. The van der Waals surface area contributed by atoms with Crippen LogP contribution in [0.15, 0.2) is 146 Å². The number of rotatable bonds is 58. The average Bonchev–Trinajstić information content (AvgIpc) is 3.46. The fraction of sp³-hybridized carbons (Fsp3) is 0.635. The van der Waals surface area contributed by atoms with Gasteiger partial charge in [0.2, 0.25) is 0 Å². The molecule has 6 nitrogen and oxygen atoms in total. The van der Waals surface area contributed by atoms with Crippen molar-refractivity contribution in [1.82, 2.24) is 0 Å². The quantitative estimate of drug-likeness (QED) is 0.0261. The van der Waals surface area contributed by atoms with Gasteiger partial charge in [-0.2, -0.15) is 0 Å². The summed E-state index contributed by atoms with van der Waals surface area (Å²) in [6.45, 7) is 6.46. The maximum Gasteiger partial charge on any atom is 0.306 e. The van der Waals surface area contributed by atoms with Crippen LogP contribution < -0.4 is 0 Å². The minimum atomic E-state index is -0.797. The SMILES string of the molecule is CC/C=C\C/C=C\C/C=C\C/C=C\C/C=C\C/C=C\C/C=C\C/C=C\C/C=C\CCCCCCCC(=O)OCC(COC(=O)CCCCCCCCCCCC)OC(=O)CCCCCCCC/C=C\C/C=C\C/C=C\CCCCC. The molecular weight excluding hydrogens is 985 g/mol. The highest BCUT2D eigenvalue weighted by Crippen LogP contribution is 2.15. The van der Waals surface area contributed by atoms with Crippen molar-refractivity contribution in [2.24, 2.45) is 0 Å². The normalized spacial score (nSPS) is 13.1. The summed E-state index contributed by atoms with van der Waals surface area (Å²) in [5.41, 5.74) is 0. The lowest BCUT2D eigenvalue weighted by atomic mass is 10.1. The predicted molar refractivity (Wildman–Crippen MR) is 348 cm³/mol. The summed E-state index contributed by atoms with van der Waals surface area (Å²) in [7, 11) is 0. The molecule has 0 aliphatic carbocycles. The molecule has 0 amide bonds. The molecule has 0 rings (SSSR count). The lowest BCUT2D eigenvalue weighted by Crippen LogP contribution is -2.30. The largest absolute Gasteiger partial charge is 0.462 e. The van der Waals surface area contributed by atoms with Crippen molar-refractivity contribution in [1.29, 1.82) is 0 Å². The van der Waals surface area contributed by atoms with Crippen LogP contribution in [-0.4, -0.2) is 37.2 Å². The van der Waals surface area contributed by atoms with Gasteiger partial charge >= 0.3 is 17.9 Å². The van der Waals surface area contributed by atoms with Gasteiger partial charge in [0, 0.05) is 19.3 Å². The number of hydrogen-bond donors (Lipinski definition) is 0. The van der Waals surface area contributed by atoms with Crippen molar-refractivity contribution in [3.05, 3.63) is 146 Å². The van der Waals surface area contributed by atoms with E-state index in [1.165, 1.54) is 83.5 Å². The van der Waals surface area contributed by atoms with Gasteiger partial charge < -0.3 is 14.2 Å². The Bertz CT molecular complexity index is 1750. The molecule has 1 unspecified atom stereocenters. The van der Waals surface area contributed by atoms with Crippen molar-refractivity contribution in [3.63, 3.8) is 0 Å². The van der Waals surface area contributed by atoms with Gasteiger partial charge in [-0.15, -0.1) is 0 Å². The van der Waals surface area contributed by atoms with Crippen molar-refractivity contribution < 1.29 is 28.6 Å². The zero-order chi connectivity index (χ0) is 57.8. The maximum atomic E-state index is 12.9. The van der Waals surface area contributed by atoms with E-state index < -0.39 is 6.10 Å². The summed E-state index contributed by atoms with van der Waals surface area (Å²) >= 11 is 0. The van der Waals surface area contributed by atoms with Gasteiger partial charge in [-0.3, -0.25) is 14.4 Å². The molecule has 0 fully saturated rings. The van der Waals surface area contributed by atoms with E-state index in [-0.39, 0.29) is 31.1 Å². The summed E-state index contributed by atoms with van der Waals surface area (Å²) in [5, 5.41) is 0. The first kappa shape index (κ1) is 75.3. The first-order chi connectivity index (χ1) is 39.5. The highest BCUT2D eigenvalue weighted by atomic mass is 16.6. The van der Waals surface area contributed by atoms with Crippen LogP contribution in [0.1, 0.15) is 284 Å². The molecule has 0 radical (unpaired) electrons. The van der Waals surface area contributed by atoms with Gasteiger partial charge in [0.1, 0.15) is 13.2 Å². The van der Waals surface area contributed by atoms with E-state index in [1.54, 1.807) is 0 Å². The van der Waals surface area contributed by atoms with E-state index in [0.29, 0.717) is 19.3 Å². The average molecular weight is 1110 g/mol. The van der Waals surface area contributed by atoms with Crippen LogP contribution in [0.4, 0.5) is 0 Å². The molecule has 0 N–H and O–H groups in total. The second-order valence-electron chi connectivity index (χ2n) is 21.3. The molecule has 0 saturated heterocycles. The first-order valence-electron chi connectivity index (χ1n) is 32.8. The molecule has 0 aliphatic heterocycles. The van der Waals surface area contributed by atoms with Crippen LogP contribution >= 0.6 is 0 Å². The van der Waals surface area contributed by atoms with Crippen LogP contribution in [0.2, 0.25) is 0 Å². The number of ether oxygens (including phenoxy) is 3. The van der Waals surface area contributed by atoms with Gasteiger partial charge in [-0.05, 0) is 128 Å². The number of unbranched alkanes of at least 4 members (excludes halogenated alkanes) is 23. The third kappa shape index (κ3) is 64.1. The summed E-state index contributed by atoms with van der Waals surface area (Å²) in [4.78, 5) is 38.2. The van der Waals surface area contributed by atoms with Crippen molar-refractivity contribution in [3.8, 4) is 0 Å². The van der Waals surface area contributed by atoms with E-state index in [4.69, 9.17) is 14.2 Å². The third-order valence-electron chi connectivity index (χ3n) is 13.6. The standard InChI is InChI=1S/C74H120O6/c1-4-7-10-13-16-19-22-24-26-28-30-31-32-33-34-35-36-37-38-39-40-41-42-43-45-46-48-50-52-55-58-61-64-67-73(76)79-70-71(69-78-72(75)66-63-60-57-54-21-18-15-12-9-6-3)80-74(77)68-65-62-59-56-53-51-49-47-44-29-27-25-23-20-17-14-11-8-5-2/h7,10,16-17,19-20,24-27,30-31,33-34,36-37,39-40,42-44,46-48,71H,4-6,8-9,11-15,18,21-23,28-29,32,35,38,41,45,49-70H2,1-3H3/b10-7-,19-16-,20-17-,26-24-,27-25-,31-30-,34-33-,37-36-,40-39-,43-42-,47-44-,48-46-. The second-order valence-corrected chi connectivity index (χ2v) is 21.3. The summed E-state index contributed by atoms with van der Waals surface area (Å²) in [6, 6.07) is 0. The van der Waals surface area contributed by atoms with Gasteiger partial charge in [0.25, 0.3) is 0 Å². The molecule has 6 heteroatoms. The topological polar surface area (TPSA) is 78.9 Å². The van der Waals surface area contributed by atoms with E-state index in [1.807, 2.05) is 0 Å². The zero-order valence-electron chi connectivity index (χ0n) is 51.8. The van der Waals surface area contributed by atoms with E-state index in [0.717, 1.165) is 161 Å². The smallest absolute Gasteiger partial charge is 0.306 e. The number of allylic oxidation sites excluding steroid dienone is 24. The third-order valence-corrected chi connectivity index (χ3v) is 13.6. The molecule has 1 atom stereocenters. The Balaban J connectivity index is 4.31. The molecule has 0 aliphatic rings. The molecule has 0 saturated carbocycles. The highest BCUT2D eigenvalue weighted by Gasteiger charge is 2.19. The molecule has 452 valence electrons. The van der Waals surface area contributed by atoms with Crippen LogP contribution in [0, 0.1) is 0 Å². The minimum Gasteiger partial charge on any atom is -0.462 e. The molecule has 0 aromatic rings. The van der Waals surface area contributed by atoms with Gasteiger partial charge in [0.05, 0.1) is 0 Å². The van der Waals surface area contributed by atoms with Crippen LogP contribution in [-0.2, 0) is 28.6 Å². The van der Waals surface area contributed by atoms with E-state index in [9.17, 15) is 14.4 Å². The number of esters is 3. The fourth-order valence-corrected chi connectivity index (χ4v) is 8.68. The lowest BCUT2D eigenvalue weighted by Gasteiger charge is -2.18. The molecule has 0 aromatic heterocycles. The zero-order valence-corrected chi connectivity index (χ0v) is 51.8. The van der Waals surface area contributed by atoms with Crippen molar-refractivity contribution in [2.45, 2.75) is 290 Å². The van der Waals surface area contributed by atoms with Crippen LogP contribution in [0.3, 0.4) is 0 Å². The summed E-state index contributed by atoms with van der Waals surface area (Å²) < 4.78 is 16.9. The van der Waals surface area contributed by atoms with Gasteiger partial charge in [-0.25, -0.2) is 0 Å². The molecule has 0 bridgehead atoms. The fourth-order valence-electron chi connectivity index (χ4n) is 8.68. The molecule has 0 heterocycles. The second kappa shape index (κ2) is 66.8. The number of hydrogen-bond acceptors (Lipinski definition) is 6. The van der Waals surface area contributed by atoms with Crippen LogP contribution in [0.25, 0.3) is 0 Å². The van der Waals surface area contributed by atoms with Crippen molar-refractivity contribution in [2.75, 3.05) is 13.2 Å². The Hall–Kier alpha value is -4.71. The lowest BCUT2D eigenvalue weighted by molar-refractivity contribution is -0.167.